The Balaban J connectivity index is 2.81. The van der Waals surface area contributed by atoms with Crippen LogP contribution in [-0.2, 0) is 4.43 Å². The molecule has 0 amide bonds. The van der Waals surface area contributed by atoms with Crippen molar-refractivity contribution in [2.24, 2.45) is 0 Å². The molecule has 0 radical (unpaired) electrons. The maximum atomic E-state index is 5.76. The van der Waals surface area contributed by atoms with Gasteiger partial charge in [-0.1, -0.05) is 24.8 Å². The molecule has 0 saturated heterocycles. The summed E-state index contributed by atoms with van der Waals surface area (Å²) in [6, 6.07) is 7.83. The van der Waals surface area contributed by atoms with Gasteiger partial charge < -0.3 is 8.85 Å². The van der Waals surface area contributed by atoms with E-state index >= 15 is 0 Å². The van der Waals surface area contributed by atoms with Gasteiger partial charge in [0.2, 0.25) is 0 Å². The van der Waals surface area contributed by atoms with Crippen molar-refractivity contribution in [1.29, 1.82) is 0 Å². The van der Waals surface area contributed by atoms with Crippen LogP contribution in [0.2, 0.25) is 13.1 Å². The van der Waals surface area contributed by atoms with Crippen molar-refractivity contribution in [3.8, 4) is 5.75 Å². The molecule has 0 unspecified atom stereocenters. The van der Waals surface area contributed by atoms with Crippen LogP contribution in [0.4, 0.5) is 0 Å². The molecular weight excluding hydrogens is 192 g/mol. The van der Waals surface area contributed by atoms with Crippen molar-refractivity contribution in [2.75, 3.05) is 7.11 Å². The van der Waals surface area contributed by atoms with Gasteiger partial charge in [0.1, 0.15) is 5.75 Å². The van der Waals surface area contributed by atoms with Crippen LogP contribution in [0, 0.1) is 0 Å². The first kappa shape index (κ1) is 11.0. The molecule has 0 aliphatic heterocycles. The first-order valence-electron chi connectivity index (χ1n) is 4.54. The van der Waals surface area contributed by atoms with Gasteiger partial charge in [0.05, 0.1) is 0 Å². The molecule has 1 rings (SSSR count). The molecule has 0 spiro atoms. The molecule has 0 aliphatic rings. The van der Waals surface area contributed by atoms with Gasteiger partial charge in [0.25, 0.3) is 0 Å². The minimum absolute atomic E-state index is 0.848. The molecule has 0 saturated carbocycles. The first-order valence-corrected chi connectivity index (χ1v) is 7.36. The Morgan fingerprint density at radius 2 is 2.07 bits per heavy atom. The molecule has 3 heteroatoms. The first-order chi connectivity index (χ1) is 6.57. The predicted molar refractivity (Wildman–Crippen MR) is 61.7 cm³/mol. The summed E-state index contributed by atoms with van der Waals surface area (Å²) in [5.74, 6) is 0.848. The zero-order valence-electron chi connectivity index (χ0n) is 8.91. The SMILES string of the molecule is C=Cc1cccc(O[Si](C)(C)OC)c1. The lowest BCUT2D eigenvalue weighted by atomic mass is 10.2. The zero-order valence-corrected chi connectivity index (χ0v) is 9.91. The average Bonchev–Trinajstić information content (AvgIpc) is 2.17. The standard InChI is InChI=1S/C11H16O2Si/c1-5-10-7-6-8-11(9-10)13-14(3,4)12-2/h5-9H,1H2,2-4H3. The van der Waals surface area contributed by atoms with Crippen LogP contribution in [0.5, 0.6) is 5.75 Å². The van der Waals surface area contributed by atoms with E-state index in [-0.39, 0.29) is 0 Å². The Kier molecular flexibility index (Phi) is 3.49. The second-order valence-electron chi connectivity index (χ2n) is 3.48. The van der Waals surface area contributed by atoms with Crippen molar-refractivity contribution in [2.45, 2.75) is 13.1 Å². The van der Waals surface area contributed by atoms with E-state index in [0.717, 1.165) is 11.3 Å². The van der Waals surface area contributed by atoms with Crippen LogP contribution in [0.3, 0.4) is 0 Å². The van der Waals surface area contributed by atoms with E-state index in [1.165, 1.54) is 0 Å². The maximum absolute atomic E-state index is 5.76. The molecule has 0 bridgehead atoms. The van der Waals surface area contributed by atoms with Crippen LogP contribution in [0.15, 0.2) is 30.8 Å². The lowest BCUT2D eigenvalue weighted by Crippen LogP contribution is -2.36. The van der Waals surface area contributed by atoms with Gasteiger partial charge in [0.15, 0.2) is 0 Å². The van der Waals surface area contributed by atoms with Crippen molar-refractivity contribution >= 4 is 14.6 Å². The predicted octanol–water partition coefficient (Wildman–Crippen LogP) is 3.06. The summed E-state index contributed by atoms with van der Waals surface area (Å²) in [7, 11) is -0.304. The Morgan fingerprint density at radius 1 is 1.36 bits per heavy atom. The Bertz CT molecular complexity index is 321. The summed E-state index contributed by atoms with van der Waals surface area (Å²) in [6.07, 6.45) is 1.80. The zero-order chi connectivity index (χ0) is 10.6. The third-order valence-electron chi connectivity index (χ3n) is 1.95. The average molecular weight is 208 g/mol. The molecule has 14 heavy (non-hydrogen) atoms. The van der Waals surface area contributed by atoms with Gasteiger partial charge >= 0.3 is 8.56 Å². The molecule has 0 N–H and O–H groups in total. The van der Waals surface area contributed by atoms with Crippen LogP contribution < -0.4 is 4.43 Å². The molecule has 0 aliphatic carbocycles. The lowest BCUT2D eigenvalue weighted by Gasteiger charge is -2.21. The van der Waals surface area contributed by atoms with Crippen molar-refractivity contribution < 1.29 is 8.85 Å². The number of rotatable bonds is 4. The van der Waals surface area contributed by atoms with Gasteiger partial charge in [-0.05, 0) is 30.8 Å². The monoisotopic (exact) mass is 208 g/mol. The number of benzene rings is 1. The fourth-order valence-electron chi connectivity index (χ4n) is 1.03. The summed E-state index contributed by atoms with van der Waals surface area (Å²) in [6.45, 7) is 7.73. The highest BCUT2D eigenvalue weighted by molar-refractivity contribution is 6.65. The van der Waals surface area contributed by atoms with Crippen LogP contribution >= 0.6 is 0 Å². The second-order valence-corrected chi connectivity index (χ2v) is 6.89. The third-order valence-corrected chi connectivity index (χ3v) is 3.66. The highest BCUT2D eigenvalue weighted by Crippen LogP contribution is 2.18. The molecular formula is C11H16O2Si. The fourth-order valence-corrected chi connectivity index (χ4v) is 1.81. The third kappa shape index (κ3) is 3.01. The topological polar surface area (TPSA) is 18.5 Å². The van der Waals surface area contributed by atoms with Crippen molar-refractivity contribution in [1.82, 2.24) is 0 Å². The van der Waals surface area contributed by atoms with E-state index in [1.54, 1.807) is 13.2 Å². The molecule has 0 atom stereocenters. The van der Waals surface area contributed by atoms with E-state index in [0.29, 0.717) is 0 Å². The summed E-state index contributed by atoms with van der Waals surface area (Å²) in [5, 5.41) is 0. The number of hydrogen-bond donors (Lipinski definition) is 0. The van der Waals surface area contributed by atoms with Crippen LogP contribution in [0.1, 0.15) is 5.56 Å². The van der Waals surface area contributed by atoms with Crippen molar-refractivity contribution in [3.63, 3.8) is 0 Å². The van der Waals surface area contributed by atoms with Gasteiger partial charge in [0, 0.05) is 7.11 Å². The Morgan fingerprint density at radius 3 is 2.64 bits per heavy atom. The highest BCUT2D eigenvalue weighted by Gasteiger charge is 2.24. The molecule has 2 nitrogen and oxygen atoms in total. The summed E-state index contributed by atoms with van der Waals surface area (Å²) < 4.78 is 11.1. The summed E-state index contributed by atoms with van der Waals surface area (Å²) >= 11 is 0. The minimum Gasteiger partial charge on any atom is -0.520 e. The molecule has 0 heterocycles. The number of hydrogen-bond acceptors (Lipinski definition) is 2. The summed E-state index contributed by atoms with van der Waals surface area (Å²) in [5.41, 5.74) is 1.06. The van der Waals surface area contributed by atoms with Gasteiger partial charge in [-0.15, -0.1) is 0 Å². The van der Waals surface area contributed by atoms with E-state index in [4.69, 9.17) is 8.85 Å². The van der Waals surface area contributed by atoms with E-state index in [2.05, 4.69) is 6.58 Å². The van der Waals surface area contributed by atoms with Crippen LogP contribution in [0.25, 0.3) is 6.08 Å². The minimum atomic E-state index is -1.99. The Labute approximate surface area is 86.4 Å². The van der Waals surface area contributed by atoms with Gasteiger partial charge in [-0.25, -0.2) is 0 Å². The van der Waals surface area contributed by atoms with Crippen LogP contribution in [-0.4, -0.2) is 15.7 Å². The molecule has 1 aromatic rings. The molecule has 0 aromatic heterocycles. The maximum Gasteiger partial charge on any atom is 0.392 e. The molecule has 76 valence electrons. The van der Waals surface area contributed by atoms with E-state index in [1.807, 2.05) is 37.4 Å². The van der Waals surface area contributed by atoms with E-state index in [9.17, 15) is 0 Å². The Hall–Kier alpha value is -1.06. The molecule has 0 fully saturated rings. The normalized spacial score (nSPS) is 11.1. The van der Waals surface area contributed by atoms with Crippen molar-refractivity contribution in [3.05, 3.63) is 36.4 Å². The second kappa shape index (κ2) is 4.44. The van der Waals surface area contributed by atoms with E-state index < -0.39 is 8.56 Å². The molecule has 1 aromatic carbocycles. The summed E-state index contributed by atoms with van der Waals surface area (Å²) in [4.78, 5) is 0. The van der Waals surface area contributed by atoms with Gasteiger partial charge in [-0.3, -0.25) is 0 Å². The highest BCUT2D eigenvalue weighted by atomic mass is 28.4. The fraction of sp³-hybridized carbons (Fsp3) is 0.273. The smallest absolute Gasteiger partial charge is 0.392 e. The van der Waals surface area contributed by atoms with Gasteiger partial charge in [-0.2, -0.15) is 0 Å². The quantitative estimate of drug-likeness (QED) is 0.708. The lowest BCUT2D eigenvalue weighted by molar-refractivity contribution is 0.314. The largest absolute Gasteiger partial charge is 0.520 e.